The van der Waals surface area contributed by atoms with E-state index in [0.29, 0.717) is 5.56 Å². The van der Waals surface area contributed by atoms with Crippen molar-refractivity contribution >= 4 is 12.4 Å². The second-order valence-electron chi connectivity index (χ2n) is 2.17. The van der Waals surface area contributed by atoms with E-state index in [1.807, 2.05) is 0 Å². The van der Waals surface area contributed by atoms with E-state index in [-0.39, 0.29) is 18.4 Å². The number of nitrogens with zero attached hydrogens (tertiary/aromatic N) is 1. The minimum atomic E-state index is -0.475. The van der Waals surface area contributed by atoms with Crippen molar-refractivity contribution in [1.29, 1.82) is 0 Å². The van der Waals surface area contributed by atoms with Crippen LogP contribution in [0.15, 0.2) is 18.3 Å². The number of hydrogen-bond donors (Lipinski definition) is 1. The lowest BCUT2D eigenvalue weighted by atomic mass is 10.1. The van der Waals surface area contributed by atoms with Gasteiger partial charge in [-0.1, -0.05) is 6.07 Å². The van der Waals surface area contributed by atoms with Gasteiger partial charge < -0.3 is 5.73 Å². The molecule has 0 fully saturated rings. The molecule has 0 aliphatic rings. The number of aromatic nitrogens is 1. The van der Waals surface area contributed by atoms with E-state index in [4.69, 9.17) is 5.73 Å². The van der Waals surface area contributed by atoms with Crippen molar-refractivity contribution in [2.45, 2.75) is 13.0 Å². The maximum Gasteiger partial charge on any atom is 0.217 e. The fourth-order valence-electron chi connectivity index (χ4n) is 0.738. The molecule has 2 N–H and O–H groups in total. The molecule has 1 aromatic heterocycles. The Morgan fingerprint density at radius 3 is 2.64 bits per heavy atom. The van der Waals surface area contributed by atoms with Gasteiger partial charge in [0, 0.05) is 17.8 Å². The summed E-state index contributed by atoms with van der Waals surface area (Å²) in [7, 11) is 0. The van der Waals surface area contributed by atoms with Crippen molar-refractivity contribution < 1.29 is 4.39 Å². The zero-order valence-corrected chi connectivity index (χ0v) is 6.94. The third kappa shape index (κ3) is 2.44. The van der Waals surface area contributed by atoms with E-state index in [0.717, 1.165) is 0 Å². The van der Waals surface area contributed by atoms with E-state index in [1.165, 1.54) is 6.20 Å². The van der Waals surface area contributed by atoms with Crippen molar-refractivity contribution in [3.8, 4) is 0 Å². The number of halogens is 2. The standard InChI is InChI=1S/C7H9FN2.ClH/c1-5(9)6-3-2-4-10-7(6)8;/h2-5H,9H2,1H3;1H. The highest BCUT2D eigenvalue weighted by Gasteiger charge is 2.04. The van der Waals surface area contributed by atoms with Crippen LogP contribution in [-0.4, -0.2) is 4.98 Å². The molecule has 11 heavy (non-hydrogen) atoms. The van der Waals surface area contributed by atoms with Gasteiger partial charge in [0.2, 0.25) is 5.95 Å². The quantitative estimate of drug-likeness (QED) is 0.661. The number of rotatable bonds is 1. The summed E-state index contributed by atoms with van der Waals surface area (Å²) in [6.07, 6.45) is 1.40. The van der Waals surface area contributed by atoms with E-state index < -0.39 is 5.95 Å². The average Bonchev–Trinajstić information content (AvgIpc) is 1.88. The van der Waals surface area contributed by atoms with Gasteiger partial charge in [0.1, 0.15) is 0 Å². The molecule has 1 heterocycles. The number of nitrogens with two attached hydrogens (primary N) is 1. The molecule has 1 aromatic rings. The monoisotopic (exact) mass is 176 g/mol. The highest BCUT2D eigenvalue weighted by molar-refractivity contribution is 5.85. The highest BCUT2D eigenvalue weighted by atomic mass is 35.5. The Kier molecular flexibility index (Phi) is 4.00. The molecule has 2 nitrogen and oxygen atoms in total. The van der Waals surface area contributed by atoms with Crippen LogP contribution in [0.4, 0.5) is 4.39 Å². The molecule has 0 amide bonds. The number of pyridine rings is 1. The molecule has 1 rings (SSSR count). The Bertz CT molecular complexity index is 227. The summed E-state index contributed by atoms with van der Waals surface area (Å²) in [5.41, 5.74) is 5.90. The van der Waals surface area contributed by atoms with Crippen LogP contribution in [0.25, 0.3) is 0 Å². The average molecular weight is 177 g/mol. The minimum Gasteiger partial charge on any atom is -0.324 e. The molecule has 0 aromatic carbocycles. The van der Waals surface area contributed by atoms with Gasteiger partial charge in [-0.2, -0.15) is 4.39 Å². The Hall–Kier alpha value is -0.670. The molecule has 62 valence electrons. The molecule has 4 heteroatoms. The molecule has 0 bridgehead atoms. The van der Waals surface area contributed by atoms with Gasteiger partial charge in [0.15, 0.2) is 0 Å². The first-order valence-corrected chi connectivity index (χ1v) is 3.08. The fraction of sp³-hybridized carbons (Fsp3) is 0.286. The Morgan fingerprint density at radius 1 is 1.64 bits per heavy atom. The summed E-state index contributed by atoms with van der Waals surface area (Å²) < 4.78 is 12.6. The van der Waals surface area contributed by atoms with Crippen molar-refractivity contribution in [2.24, 2.45) is 5.73 Å². The SMILES string of the molecule is CC(N)c1cccnc1F.Cl. The molecule has 0 aliphatic carbocycles. The van der Waals surface area contributed by atoms with Crippen molar-refractivity contribution in [2.75, 3.05) is 0 Å². The highest BCUT2D eigenvalue weighted by Crippen LogP contribution is 2.10. The molecular weight excluding hydrogens is 167 g/mol. The zero-order chi connectivity index (χ0) is 7.56. The fourth-order valence-corrected chi connectivity index (χ4v) is 0.738. The molecule has 0 aliphatic heterocycles. The zero-order valence-electron chi connectivity index (χ0n) is 6.12. The maximum absolute atomic E-state index is 12.6. The van der Waals surface area contributed by atoms with E-state index in [1.54, 1.807) is 19.1 Å². The summed E-state index contributed by atoms with van der Waals surface area (Å²) in [5, 5.41) is 0. The molecular formula is C7H10ClFN2. The van der Waals surface area contributed by atoms with Crippen LogP contribution >= 0.6 is 12.4 Å². The normalized spacial score (nSPS) is 11.9. The molecule has 1 unspecified atom stereocenters. The van der Waals surface area contributed by atoms with Gasteiger partial charge in [-0.3, -0.25) is 0 Å². The molecule has 0 radical (unpaired) electrons. The van der Waals surface area contributed by atoms with E-state index in [9.17, 15) is 4.39 Å². The van der Waals surface area contributed by atoms with Crippen LogP contribution in [0.3, 0.4) is 0 Å². The largest absolute Gasteiger partial charge is 0.324 e. The van der Waals surface area contributed by atoms with Crippen molar-refractivity contribution in [1.82, 2.24) is 4.98 Å². The molecule has 0 spiro atoms. The van der Waals surface area contributed by atoms with Crippen LogP contribution in [-0.2, 0) is 0 Å². The Labute approximate surface area is 71.0 Å². The van der Waals surface area contributed by atoms with Gasteiger partial charge in [-0.25, -0.2) is 4.98 Å². The van der Waals surface area contributed by atoms with Gasteiger partial charge >= 0.3 is 0 Å². The summed E-state index contributed by atoms with van der Waals surface area (Å²) in [6.45, 7) is 1.72. The van der Waals surface area contributed by atoms with Crippen LogP contribution < -0.4 is 5.73 Å². The van der Waals surface area contributed by atoms with Crippen molar-refractivity contribution in [3.05, 3.63) is 29.8 Å². The molecule has 0 saturated heterocycles. The molecule has 1 atom stereocenters. The minimum absolute atomic E-state index is 0. The maximum atomic E-state index is 12.6. The summed E-state index contributed by atoms with van der Waals surface area (Å²) in [6, 6.07) is 3.02. The van der Waals surface area contributed by atoms with Crippen LogP contribution in [0, 0.1) is 5.95 Å². The van der Waals surface area contributed by atoms with Gasteiger partial charge in [0.05, 0.1) is 0 Å². The topological polar surface area (TPSA) is 38.9 Å². The smallest absolute Gasteiger partial charge is 0.217 e. The second kappa shape index (κ2) is 4.26. The summed E-state index contributed by atoms with van der Waals surface area (Å²) in [4.78, 5) is 3.45. The van der Waals surface area contributed by atoms with Gasteiger partial charge in [-0.05, 0) is 13.0 Å². The lowest BCUT2D eigenvalue weighted by molar-refractivity contribution is 0.553. The predicted octanol–water partition coefficient (Wildman–Crippen LogP) is 1.66. The summed E-state index contributed by atoms with van der Waals surface area (Å²) in [5.74, 6) is -0.475. The van der Waals surface area contributed by atoms with E-state index in [2.05, 4.69) is 4.98 Å². The third-order valence-electron chi connectivity index (χ3n) is 1.28. The predicted molar refractivity (Wildman–Crippen MR) is 44.0 cm³/mol. The van der Waals surface area contributed by atoms with Gasteiger partial charge in [-0.15, -0.1) is 12.4 Å². The number of hydrogen-bond acceptors (Lipinski definition) is 2. The van der Waals surface area contributed by atoms with Gasteiger partial charge in [0.25, 0.3) is 0 Å². The first-order valence-electron chi connectivity index (χ1n) is 3.08. The van der Waals surface area contributed by atoms with Crippen molar-refractivity contribution in [3.63, 3.8) is 0 Å². The van der Waals surface area contributed by atoms with Crippen LogP contribution in [0.2, 0.25) is 0 Å². The lowest BCUT2D eigenvalue weighted by Gasteiger charge is -2.03. The second-order valence-corrected chi connectivity index (χ2v) is 2.17. The van der Waals surface area contributed by atoms with Crippen LogP contribution in [0.5, 0.6) is 0 Å². The lowest BCUT2D eigenvalue weighted by Crippen LogP contribution is -2.07. The Morgan fingerprint density at radius 2 is 2.27 bits per heavy atom. The first kappa shape index (κ1) is 10.3. The molecule has 0 saturated carbocycles. The van der Waals surface area contributed by atoms with Crippen LogP contribution in [0.1, 0.15) is 18.5 Å². The first-order chi connectivity index (χ1) is 4.72. The van der Waals surface area contributed by atoms with E-state index >= 15 is 0 Å². The summed E-state index contributed by atoms with van der Waals surface area (Å²) >= 11 is 0. The third-order valence-corrected chi connectivity index (χ3v) is 1.28. The Balaban J connectivity index is 0.000001000.